The molecule has 1 heterocycles. The molecule has 138 valence electrons. The molecule has 0 saturated carbocycles. The molecule has 3 aromatic rings. The lowest BCUT2D eigenvalue weighted by Crippen LogP contribution is -2.29. The van der Waals surface area contributed by atoms with Crippen molar-refractivity contribution < 1.29 is 9.53 Å². The second kappa shape index (κ2) is 8.29. The van der Waals surface area contributed by atoms with Crippen LogP contribution in [0.2, 0.25) is 10.0 Å². The topological polar surface area (TPSA) is 60.3 Å². The molecular formula is C20H16Cl2N2O3. The summed E-state index contributed by atoms with van der Waals surface area (Å²) in [4.78, 5) is 25.3. The van der Waals surface area contributed by atoms with Crippen molar-refractivity contribution in [3.8, 4) is 5.75 Å². The number of ether oxygens (including phenoxy) is 1. The van der Waals surface area contributed by atoms with Crippen molar-refractivity contribution >= 4 is 34.8 Å². The molecule has 0 bridgehead atoms. The largest absolute Gasteiger partial charge is 0.497 e. The molecule has 0 aliphatic heterocycles. The highest BCUT2D eigenvalue weighted by atomic mass is 35.5. The van der Waals surface area contributed by atoms with Crippen LogP contribution in [-0.2, 0) is 6.54 Å². The summed E-state index contributed by atoms with van der Waals surface area (Å²) in [7, 11) is 1.56. The van der Waals surface area contributed by atoms with Crippen LogP contribution in [0.4, 0.5) is 5.69 Å². The van der Waals surface area contributed by atoms with E-state index >= 15 is 0 Å². The molecule has 0 fully saturated rings. The molecule has 2 aromatic carbocycles. The first-order valence-corrected chi connectivity index (χ1v) is 8.81. The summed E-state index contributed by atoms with van der Waals surface area (Å²) in [6.45, 7) is 0.277. The third-order valence-corrected chi connectivity index (χ3v) is 4.37. The van der Waals surface area contributed by atoms with Gasteiger partial charge in [0.05, 0.1) is 18.7 Å². The number of benzene rings is 2. The monoisotopic (exact) mass is 402 g/mol. The highest BCUT2D eigenvalue weighted by Gasteiger charge is 2.15. The lowest BCUT2D eigenvalue weighted by atomic mass is 10.2. The number of anilines is 1. The average Bonchev–Trinajstić information content (AvgIpc) is 2.66. The molecule has 1 aromatic heterocycles. The first-order valence-electron chi connectivity index (χ1n) is 8.06. The molecule has 1 N–H and O–H groups in total. The number of carbonyl (C=O) groups excluding carboxylic acids is 1. The summed E-state index contributed by atoms with van der Waals surface area (Å²) < 4.78 is 6.48. The van der Waals surface area contributed by atoms with E-state index in [1.165, 1.54) is 16.8 Å². The van der Waals surface area contributed by atoms with Gasteiger partial charge in [0.25, 0.3) is 11.5 Å². The minimum absolute atomic E-state index is 0.0349. The Morgan fingerprint density at radius 3 is 2.33 bits per heavy atom. The maximum atomic E-state index is 12.7. The number of nitrogens with one attached hydrogen (secondary N) is 1. The predicted octanol–water partition coefficient (Wildman–Crippen LogP) is 4.46. The molecule has 0 atom stereocenters. The lowest BCUT2D eigenvalue weighted by molar-refractivity contribution is 0.102. The summed E-state index contributed by atoms with van der Waals surface area (Å²) in [6.07, 6.45) is 1.50. The second-order valence-corrected chi connectivity index (χ2v) is 6.69. The molecular weight excluding hydrogens is 387 g/mol. The van der Waals surface area contributed by atoms with E-state index in [-0.39, 0.29) is 12.1 Å². The lowest BCUT2D eigenvalue weighted by Gasteiger charge is -2.10. The molecule has 7 heteroatoms. The van der Waals surface area contributed by atoms with Crippen LogP contribution in [-0.4, -0.2) is 17.6 Å². The van der Waals surface area contributed by atoms with Crippen LogP contribution < -0.4 is 15.6 Å². The zero-order valence-corrected chi connectivity index (χ0v) is 15.9. The minimum atomic E-state index is -0.530. The number of nitrogens with zero attached hydrogens (tertiary/aromatic N) is 1. The van der Waals surface area contributed by atoms with Gasteiger partial charge in [-0.25, -0.2) is 0 Å². The fraction of sp³-hybridized carbons (Fsp3) is 0.100. The highest BCUT2D eigenvalue weighted by Crippen LogP contribution is 2.17. The van der Waals surface area contributed by atoms with Gasteiger partial charge in [-0.1, -0.05) is 35.3 Å². The van der Waals surface area contributed by atoms with Crippen molar-refractivity contribution in [2.45, 2.75) is 6.54 Å². The first-order chi connectivity index (χ1) is 13.0. The van der Waals surface area contributed by atoms with Crippen molar-refractivity contribution in [1.29, 1.82) is 0 Å². The molecule has 3 rings (SSSR count). The van der Waals surface area contributed by atoms with Gasteiger partial charge in [0.2, 0.25) is 0 Å². The van der Waals surface area contributed by atoms with Gasteiger partial charge < -0.3 is 14.6 Å². The maximum absolute atomic E-state index is 12.7. The SMILES string of the molecule is COc1ccc(NC(=O)c2cc(Cl)cn(Cc3ccc(Cl)cc3)c2=O)cc1. The summed E-state index contributed by atoms with van der Waals surface area (Å²) in [5.74, 6) is 0.138. The van der Waals surface area contributed by atoms with E-state index in [9.17, 15) is 9.59 Å². The zero-order valence-electron chi connectivity index (χ0n) is 14.4. The van der Waals surface area contributed by atoms with Crippen LogP contribution in [0.1, 0.15) is 15.9 Å². The summed E-state index contributed by atoms with van der Waals surface area (Å²) in [6, 6.07) is 15.3. The van der Waals surface area contributed by atoms with E-state index in [1.807, 2.05) is 12.1 Å². The second-order valence-electron chi connectivity index (χ2n) is 5.81. The van der Waals surface area contributed by atoms with Crippen LogP contribution in [0.15, 0.2) is 65.6 Å². The maximum Gasteiger partial charge on any atom is 0.263 e. The Hall–Kier alpha value is -2.76. The summed E-state index contributed by atoms with van der Waals surface area (Å²) in [5, 5.41) is 3.60. The number of rotatable bonds is 5. The molecule has 1 amide bonds. The predicted molar refractivity (Wildman–Crippen MR) is 107 cm³/mol. The highest BCUT2D eigenvalue weighted by molar-refractivity contribution is 6.31. The Labute approximate surface area is 166 Å². The first kappa shape index (κ1) is 19.0. The molecule has 0 saturated heterocycles. The Morgan fingerprint density at radius 2 is 1.70 bits per heavy atom. The number of carbonyl (C=O) groups is 1. The fourth-order valence-electron chi connectivity index (χ4n) is 2.54. The summed E-state index contributed by atoms with van der Waals surface area (Å²) in [5.41, 5.74) is 0.947. The molecule has 0 radical (unpaired) electrons. The van der Waals surface area contributed by atoms with Gasteiger partial charge >= 0.3 is 0 Å². The smallest absolute Gasteiger partial charge is 0.263 e. The van der Waals surface area contributed by atoms with Gasteiger partial charge in [-0.3, -0.25) is 9.59 Å². The van der Waals surface area contributed by atoms with Crippen molar-refractivity contribution in [1.82, 2.24) is 4.57 Å². The van der Waals surface area contributed by atoms with E-state index in [0.29, 0.717) is 21.5 Å². The quantitative estimate of drug-likeness (QED) is 0.684. The van der Waals surface area contributed by atoms with Gasteiger partial charge in [-0.05, 0) is 48.0 Å². The number of methoxy groups -OCH3 is 1. The van der Waals surface area contributed by atoms with Gasteiger partial charge in [-0.2, -0.15) is 0 Å². The van der Waals surface area contributed by atoms with Crippen molar-refractivity contribution in [2.24, 2.45) is 0 Å². The number of hydrogen-bond acceptors (Lipinski definition) is 3. The van der Waals surface area contributed by atoms with Crippen LogP contribution >= 0.6 is 23.2 Å². The minimum Gasteiger partial charge on any atom is -0.497 e. The number of aromatic nitrogens is 1. The van der Waals surface area contributed by atoms with Gasteiger partial charge in [0.1, 0.15) is 11.3 Å². The van der Waals surface area contributed by atoms with E-state index < -0.39 is 11.5 Å². The standard InChI is InChI=1S/C20H16Cl2N2O3/c1-27-17-8-6-16(7-9-17)23-19(25)18-10-15(22)12-24(20(18)26)11-13-2-4-14(21)5-3-13/h2-10,12H,11H2,1H3,(H,23,25). The van der Waals surface area contributed by atoms with Crippen molar-refractivity contribution in [3.63, 3.8) is 0 Å². The van der Waals surface area contributed by atoms with Crippen molar-refractivity contribution in [2.75, 3.05) is 12.4 Å². The van der Waals surface area contributed by atoms with Crippen LogP contribution in [0.25, 0.3) is 0 Å². The molecule has 0 aliphatic carbocycles. The molecule has 0 spiro atoms. The number of hydrogen-bond donors (Lipinski definition) is 1. The van der Waals surface area contributed by atoms with Crippen LogP contribution in [0.3, 0.4) is 0 Å². The van der Waals surface area contributed by atoms with Crippen LogP contribution in [0, 0.1) is 0 Å². The molecule has 27 heavy (non-hydrogen) atoms. The zero-order chi connectivity index (χ0) is 19.4. The van der Waals surface area contributed by atoms with E-state index in [0.717, 1.165) is 5.56 Å². The fourth-order valence-corrected chi connectivity index (χ4v) is 2.89. The average molecular weight is 403 g/mol. The third-order valence-electron chi connectivity index (χ3n) is 3.91. The van der Waals surface area contributed by atoms with E-state index in [2.05, 4.69) is 5.32 Å². The normalized spacial score (nSPS) is 10.5. The van der Waals surface area contributed by atoms with Gasteiger partial charge in [0.15, 0.2) is 0 Å². The molecule has 0 aliphatic rings. The number of halogens is 2. The van der Waals surface area contributed by atoms with Gasteiger partial charge in [-0.15, -0.1) is 0 Å². The van der Waals surface area contributed by atoms with E-state index in [4.69, 9.17) is 27.9 Å². The van der Waals surface area contributed by atoms with Crippen LogP contribution in [0.5, 0.6) is 5.75 Å². The molecule has 5 nitrogen and oxygen atoms in total. The van der Waals surface area contributed by atoms with Gasteiger partial charge in [0, 0.05) is 16.9 Å². The Kier molecular flexibility index (Phi) is 5.84. The van der Waals surface area contributed by atoms with E-state index in [1.54, 1.807) is 43.5 Å². The Balaban J connectivity index is 1.86. The molecule has 0 unspecified atom stereocenters. The third kappa shape index (κ3) is 4.70. The number of pyridine rings is 1. The number of amides is 1. The Bertz CT molecular complexity index is 1010. The Morgan fingerprint density at radius 1 is 1.04 bits per heavy atom. The van der Waals surface area contributed by atoms with Crippen molar-refractivity contribution in [3.05, 3.63) is 92.3 Å². The summed E-state index contributed by atoms with van der Waals surface area (Å²) >= 11 is 12.0.